The second kappa shape index (κ2) is 23.1. The summed E-state index contributed by atoms with van der Waals surface area (Å²) in [7, 11) is 0. The minimum atomic E-state index is 0.407. The third kappa shape index (κ3) is 13.5. The molecule has 0 aliphatic heterocycles. The maximum atomic E-state index is 6.09. The molecule has 0 aromatic heterocycles. The predicted octanol–water partition coefficient (Wildman–Crippen LogP) is 14.7. The minimum absolute atomic E-state index is 0.407. The zero-order valence-corrected chi connectivity index (χ0v) is 32.6. The average Bonchev–Trinajstić information content (AvgIpc) is 3.16. The Labute approximate surface area is 312 Å². The zero-order chi connectivity index (χ0) is 36.1. The largest absolute Gasteiger partial charge is 0.399 e. The first-order valence-electron chi connectivity index (χ1n) is 20.9. The molecule has 4 aromatic rings. The van der Waals surface area contributed by atoms with Crippen molar-refractivity contribution in [1.82, 2.24) is 0 Å². The van der Waals surface area contributed by atoms with Crippen LogP contribution in [0.4, 0.5) is 11.4 Å². The van der Waals surface area contributed by atoms with E-state index < -0.39 is 0 Å². The van der Waals surface area contributed by atoms with Gasteiger partial charge in [-0.15, -0.1) is 0 Å². The normalized spacial score (nSPS) is 13.2. The Morgan fingerprint density at radius 1 is 0.294 bits per heavy atom. The third-order valence-corrected chi connectivity index (χ3v) is 11.2. The first-order chi connectivity index (χ1) is 25.0. The van der Waals surface area contributed by atoms with E-state index in [1.807, 2.05) is 0 Å². The van der Waals surface area contributed by atoms with E-state index in [2.05, 4.69) is 118 Å². The van der Waals surface area contributed by atoms with Crippen LogP contribution in [0.2, 0.25) is 0 Å². The summed E-state index contributed by atoms with van der Waals surface area (Å²) >= 11 is 0. The van der Waals surface area contributed by atoms with Crippen LogP contribution >= 0.6 is 0 Å². The van der Waals surface area contributed by atoms with E-state index >= 15 is 0 Å². The summed E-state index contributed by atoms with van der Waals surface area (Å²) in [6, 6.07) is 36.7. The van der Waals surface area contributed by atoms with Crippen LogP contribution in [-0.4, -0.2) is 0 Å². The highest BCUT2D eigenvalue weighted by Gasteiger charge is 2.20. The summed E-state index contributed by atoms with van der Waals surface area (Å²) in [5.74, 6) is 1.22. The molecular weight excluding hydrogens is 617 g/mol. The van der Waals surface area contributed by atoms with Gasteiger partial charge in [-0.25, -0.2) is 0 Å². The standard InChI is InChI=1S/C49H70N2/c1-4-7-10-13-14-15-16-19-22-47(39-23-27-41(28-24-39)48(20-17-11-8-5-2)43-31-35-45(50)36-32-43)40-25-29-42(30-26-40)49(21-18-12-9-6-3)44-33-37-46(51)38-34-44/h23-38,47-49H,4-22,50-51H2,1-3H3. The highest BCUT2D eigenvalue weighted by atomic mass is 14.5. The number of hydrogen-bond donors (Lipinski definition) is 2. The maximum Gasteiger partial charge on any atom is 0.0314 e. The SMILES string of the molecule is CCCCCCCCCCC(c1ccc(C(CCCCCC)c2ccc(N)cc2)cc1)c1ccc(C(CCCCCC)c2ccc(N)cc2)cc1. The summed E-state index contributed by atoms with van der Waals surface area (Å²) in [6.45, 7) is 6.89. The molecule has 0 saturated heterocycles. The molecule has 2 unspecified atom stereocenters. The molecule has 0 aliphatic carbocycles. The Bertz CT molecular complexity index is 1350. The molecule has 0 heterocycles. The van der Waals surface area contributed by atoms with Gasteiger partial charge in [-0.2, -0.15) is 0 Å². The molecular formula is C49H70N2. The lowest BCUT2D eigenvalue weighted by molar-refractivity contribution is 0.551. The number of nitrogen functional groups attached to an aromatic ring is 2. The molecule has 4 aromatic carbocycles. The number of benzene rings is 4. The molecule has 2 atom stereocenters. The number of anilines is 2. The fourth-order valence-corrected chi connectivity index (χ4v) is 7.99. The average molecular weight is 687 g/mol. The molecule has 51 heavy (non-hydrogen) atoms. The molecule has 2 heteroatoms. The van der Waals surface area contributed by atoms with Gasteiger partial charge in [0.1, 0.15) is 0 Å². The van der Waals surface area contributed by atoms with E-state index in [1.54, 1.807) is 0 Å². The van der Waals surface area contributed by atoms with Crippen LogP contribution in [0.25, 0.3) is 0 Å². The lowest BCUT2D eigenvalue weighted by Gasteiger charge is -2.23. The highest BCUT2D eigenvalue weighted by Crippen LogP contribution is 2.37. The van der Waals surface area contributed by atoms with Gasteiger partial charge in [0.2, 0.25) is 0 Å². The topological polar surface area (TPSA) is 52.0 Å². The van der Waals surface area contributed by atoms with Crippen molar-refractivity contribution in [3.05, 3.63) is 130 Å². The predicted molar refractivity (Wildman–Crippen MR) is 225 cm³/mol. The lowest BCUT2D eigenvalue weighted by atomic mass is 9.81. The smallest absolute Gasteiger partial charge is 0.0314 e. The number of nitrogens with two attached hydrogens (primary N) is 2. The van der Waals surface area contributed by atoms with Crippen molar-refractivity contribution in [2.75, 3.05) is 11.5 Å². The van der Waals surface area contributed by atoms with E-state index in [4.69, 9.17) is 11.5 Å². The molecule has 0 bridgehead atoms. The molecule has 0 amide bonds. The van der Waals surface area contributed by atoms with Crippen LogP contribution in [-0.2, 0) is 0 Å². The van der Waals surface area contributed by atoms with Gasteiger partial charge in [-0.05, 0) is 76.9 Å². The fourth-order valence-electron chi connectivity index (χ4n) is 7.99. The van der Waals surface area contributed by atoms with Gasteiger partial charge in [0.15, 0.2) is 0 Å². The van der Waals surface area contributed by atoms with E-state index in [-0.39, 0.29) is 0 Å². The molecule has 4 N–H and O–H groups in total. The monoisotopic (exact) mass is 687 g/mol. The molecule has 2 nitrogen and oxygen atoms in total. The summed E-state index contributed by atoms with van der Waals surface area (Å²) in [5.41, 5.74) is 22.4. The quantitative estimate of drug-likeness (QED) is 0.0538. The van der Waals surface area contributed by atoms with Gasteiger partial charge >= 0.3 is 0 Å². The van der Waals surface area contributed by atoms with Gasteiger partial charge in [0.25, 0.3) is 0 Å². The summed E-state index contributed by atoms with van der Waals surface area (Å²) in [4.78, 5) is 0. The second-order valence-corrected chi connectivity index (χ2v) is 15.3. The molecule has 276 valence electrons. The van der Waals surface area contributed by atoms with Crippen molar-refractivity contribution in [2.24, 2.45) is 0 Å². The maximum absolute atomic E-state index is 6.09. The van der Waals surface area contributed by atoms with Crippen LogP contribution in [0.5, 0.6) is 0 Å². The fraction of sp³-hybridized carbons (Fsp3) is 0.510. The lowest BCUT2D eigenvalue weighted by Crippen LogP contribution is -2.06. The Hall–Kier alpha value is -3.52. The molecule has 4 rings (SSSR count). The van der Waals surface area contributed by atoms with E-state index in [9.17, 15) is 0 Å². The van der Waals surface area contributed by atoms with Gasteiger partial charge in [-0.3, -0.25) is 0 Å². The van der Waals surface area contributed by atoms with Crippen LogP contribution in [0.15, 0.2) is 97.1 Å². The van der Waals surface area contributed by atoms with Gasteiger partial charge in [0, 0.05) is 29.1 Å². The van der Waals surface area contributed by atoms with Crippen molar-refractivity contribution in [3.63, 3.8) is 0 Å². The number of unbranched alkanes of at least 4 members (excludes halogenated alkanes) is 13. The van der Waals surface area contributed by atoms with E-state index in [0.29, 0.717) is 17.8 Å². The molecule has 0 radical (unpaired) electrons. The number of hydrogen-bond acceptors (Lipinski definition) is 2. The second-order valence-electron chi connectivity index (χ2n) is 15.3. The van der Waals surface area contributed by atoms with Crippen molar-refractivity contribution in [1.29, 1.82) is 0 Å². The minimum Gasteiger partial charge on any atom is -0.399 e. The molecule has 0 spiro atoms. The molecule has 0 saturated carbocycles. The van der Waals surface area contributed by atoms with Gasteiger partial charge < -0.3 is 11.5 Å². The Kier molecular flexibility index (Phi) is 18.3. The van der Waals surface area contributed by atoms with Gasteiger partial charge in [0.05, 0.1) is 0 Å². The summed E-state index contributed by atoms with van der Waals surface area (Å²) in [5, 5.41) is 0. The molecule has 0 fully saturated rings. The molecule has 0 aliphatic rings. The first-order valence-corrected chi connectivity index (χ1v) is 20.9. The van der Waals surface area contributed by atoms with Crippen LogP contribution in [0, 0.1) is 0 Å². The first kappa shape index (κ1) is 40.3. The Morgan fingerprint density at radius 2 is 0.490 bits per heavy atom. The Morgan fingerprint density at radius 3 is 0.745 bits per heavy atom. The highest BCUT2D eigenvalue weighted by molar-refractivity contribution is 5.45. The number of rotatable bonds is 25. The summed E-state index contributed by atoms with van der Waals surface area (Å²) < 4.78 is 0. The van der Waals surface area contributed by atoms with Crippen molar-refractivity contribution in [3.8, 4) is 0 Å². The van der Waals surface area contributed by atoms with Crippen molar-refractivity contribution < 1.29 is 0 Å². The zero-order valence-electron chi connectivity index (χ0n) is 32.6. The van der Waals surface area contributed by atoms with Crippen LogP contribution < -0.4 is 11.5 Å². The van der Waals surface area contributed by atoms with Crippen LogP contribution in [0.3, 0.4) is 0 Å². The summed E-state index contributed by atoms with van der Waals surface area (Å²) in [6.07, 6.45) is 24.7. The van der Waals surface area contributed by atoms with E-state index in [0.717, 1.165) is 11.4 Å². The third-order valence-electron chi connectivity index (χ3n) is 11.2. The van der Waals surface area contributed by atoms with E-state index in [1.165, 1.54) is 155 Å². The van der Waals surface area contributed by atoms with Crippen molar-refractivity contribution in [2.45, 2.75) is 161 Å². The van der Waals surface area contributed by atoms with Gasteiger partial charge in [-0.1, -0.05) is 196 Å². The Balaban J connectivity index is 1.56. The van der Waals surface area contributed by atoms with Crippen molar-refractivity contribution >= 4 is 11.4 Å². The van der Waals surface area contributed by atoms with Crippen LogP contribution in [0.1, 0.15) is 194 Å².